The van der Waals surface area contributed by atoms with E-state index in [4.69, 9.17) is 9.47 Å². The number of rotatable bonds is 7. The highest BCUT2D eigenvalue weighted by Crippen LogP contribution is 2.36. The van der Waals surface area contributed by atoms with Crippen LogP contribution in [0.15, 0.2) is 16.3 Å². The van der Waals surface area contributed by atoms with E-state index in [1.165, 1.54) is 23.1 Å². The first-order valence-corrected chi connectivity index (χ1v) is 11.6. The molecule has 3 heterocycles. The van der Waals surface area contributed by atoms with E-state index in [1.807, 2.05) is 6.92 Å². The Labute approximate surface area is 188 Å². The summed E-state index contributed by atoms with van der Waals surface area (Å²) >= 11 is 2.63. The lowest BCUT2D eigenvalue weighted by Gasteiger charge is -2.26. The second kappa shape index (κ2) is 9.65. The monoisotopic (exact) mass is 464 g/mol. The molecule has 0 fully saturated rings. The van der Waals surface area contributed by atoms with Gasteiger partial charge in [-0.1, -0.05) is 11.8 Å². The Morgan fingerprint density at radius 3 is 2.48 bits per heavy atom. The highest BCUT2D eigenvalue weighted by Gasteiger charge is 2.30. The number of aromatic nitrogens is 2. The smallest absolute Gasteiger partial charge is 0.348 e. The van der Waals surface area contributed by atoms with Crippen LogP contribution in [-0.2, 0) is 14.3 Å². The van der Waals surface area contributed by atoms with Crippen molar-refractivity contribution in [2.24, 2.45) is 0 Å². The number of amides is 2. The van der Waals surface area contributed by atoms with E-state index in [9.17, 15) is 14.4 Å². The van der Waals surface area contributed by atoms with Gasteiger partial charge >= 0.3 is 18.0 Å². The zero-order valence-electron chi connectivity index (χ0n) is 18.0. The maximum absolute atomic E-state index is 12.4. The van der Waals surface area contributed by atoms with Crippen molar-refractivity contribution in [1.82, 2.24) is 20.6 Å². The fourth-order valence-electron chi connectivity index (χ4n) is 3.23. The highest BCUT2D eigenvalue weighted by atomic mass is 32.2. The topological polar surface area (TPSA) is 120 Å². The number of carbonyl (C=O) groups excluding carboxylic acids is 3. The number of thioether (sulfide) groups is 1. The van der Waals surface area contributed by atoms with Gasteiger partial charge in [0.25, 0.3) is 0 Å². The molecule has 1 atom stereocenters. The molecule has 31 heavy (non-hydrogen) atoms. The largest absolute Gasteiger partial charge is 0.463 e. The standard InChI is InChI=1S/C20H24N4O5S2/c1-6-28-18(25)14-10(4)21-20(27)24-12(14)8-30-16-13-9(3)15(19(26)29-7-2)31-17(13)23-11(5)22-16/h10H,6-8H2,1-5H3,(H2,21,24,27)/t10-/m0/s1. The van der Waals surface area contributed by atoms with Gasteiger partial charge in [0, 0.05) is 16.8 Å². The average molecular weight is 465 g/mol. The van der Waals surface area contributed by atoms with Gasteiger partial charge in [-0.05, 0) is 40.2 Å². The molecule has 0 saturated heterocycles. The van der Waals surface area contributed by atoms with Crippen molar-refractivity contribution in [3.8, 4) is 0 Å². The van der Waals surface area contributed by atoms with Gasteiger partial charge in [-0.15, -0.1) is 11.3 Å². The predicted molar refractivity (Wildman–Crippen MR) is 118 cm³/mol. The lowest BCUT2D eigenvalue weighted by Crippen LogP contribution is -2.49. The number of urea groups is 1. The molecule has 2 amide bonds. The first kappa shape index (κ1) is 23.0. The van der Waals surface area contributed by atoms with Crippen molar-refractivity contribution in [3.63, 3.8) is 0 Å². The van der Waals surface area contributed by atoms with Crippen LogP contribution in [0.1, 0.15) is 41.8 Å². The van der Waals surface area contributed by atoms with Gasteiger partial charge in [-0.25, -0.2) is 24.4 Å². The summed E-state index contributed by atoms with van der Waals surface area (Å²) in [7, 11) is 0. The maximum Gasteiger partial charge on any atom is 0.348 e. The van der Waals surface area contributed by atoms with Crippen LogP contribution < -0.4 is 10.6 Å². The van der Waals surface area contributed by atoms with Gasteiger partial charge in [-0.2, -0.15) is 0 Å². The van der Waals surface area contributed by atoms with Crippen LogP contribution >= 0.6 is 23.1 Å². The third kappa shape index (κ3) is 4.82. The number of ether oxygens (including phenoxy) is 2. The lowest BCUT2D eigenvalue weighted by atomic mass is 10.1. The minimum Gasteiger partial charge on any atom is -0.463 e. The third-order valence-electron chi connectivity index (χ3n) is 4.55. The number of carbonyl (C=O) groups is 3. The number of esters is 2. The number of hydrogen-bond acceptors (Lipinski definition) is 9. The summed E-state index contributed by atoms with van der Waals surface area (Å²) < 4.78 is 10.3. The molecule has 2 aromatic heterocycles. The van der Waals surface area contributed by atoms with Crippen molar-refractivity contribution in [2.45, 2.75) is 45.7 Å². The summed E-state index contributed by atoms with van der Waals surface area (Å²) in [5.41, 5.74) is 1.61. The van der Waals surface area contributed by atoms with Crippen molar-refractivity contribution < 1.29 is 23.9 Å². The second-order valence-corrected chi connectivity index (χ2v) is 8.72. The van der Waals surface area contributed by atoms with Gasteiger partial charge in [0.1, 0.15) is 20.6 Å². The normalized spacial score (nSPS) is 16.2. The Morgan fingerprint density at radius 2 is 1.81 bits per heavy atom. The molecule has 0 radical (unpaired) electrons. The maximum atomic E-state index is 12.4. The summed E-state index contributed by atoms with van der Waals surface area (Å²) in [6.07, 6.45) is 0. The lowest BCUT2D eigenvalue weighted by molar-refractivity contribution is -0.138. The van der Waals surface area contributed by atoms with Crippen LogP contribution in [0, 0.1) is 13.8 Å². The number of nitrogens with zero attached hydrogens (tertiary/aromatic N) is 2. The molecule has 9 nitrogen and oxygen atoms in total. The Balaban J connectivity index is 1.98. The minimum atomic E-state index is -0.478. The Bertz CT molecular complexity index is 1080. The number of fused-ring (bicyclic) bond motifs is 1. The highest BCUT2D eigenvalue weighted by molar-refractivity contribution is 7.99. The minimum absolute atomic E-state index is 0.236. The average Bonchev–Trinajstić information content (AvgIpc) is 3.02. The molecule has 166 valence electrons. The Hall–Kier alpha value is -2.66. The van der Waals surface area contributed by atoms with E-state index < -0.39 is 12.0 Å². The molecule has 0 spiro atoms. The van der Waals surface area contributed by atoms with Crippen molar-refractivity contribution in [2.75, 3.05) is 19.0 Å². The molecule has 1 aliphatic heterocycles. The van der Waals surface area contributed by atoms with Crippen LogP contribution in [0.25, 0.3) is 10.2 Å². The van der Waals surface area contributed by atoms with Gasteiger partial charge in [0.15, 0.2) is 0 Å². The molecule has 3 rings (SSSR count). The van der Waals surface area contributed by atoms with Gasteiger partial charge < -0.3 is 20.1 Å². The summed E-state index contributed by atoms with van der Waals surface area (Å²) in [6.45, 7) is 9.36. The molecule has 0 unspecified atom stereocenters. The Morgan fingerprint density at radius 1 is 1.13 bits per heavy atom. The molecule has 0 aliphatic carbocycles. The van der Waals surface area contributed by atoms with Gasteiger partial charge in [0.05, 0.1) is 24.8 Å². The molecule has 1 aliphatic rings. The van der Waals surface area contributed by atoms with E-state index in [0.717, 1.165) is 10.9 Å². The molecule has 11 heteroatoms. The first-order chi connectivity index (χ1) is 14.8. The van der Waals surface area contributed by atoms with Crippen molar-refractivity contribution in [1.29, 1.82) is 0 Å². The summed E-state index contributed by atoms with van der Waals surface area (Å²) in [4.78, 5) is 46.9. The molecular formula is C20H24N4O5S2. The number of aryl methyl sites for hydroxylation is 2. The zero-order valence-corrected chi connectivity index (χ0v) is 19.6. The molecule has 0 saturated carbocycles. The SMILES string of the molecule is CCOC(=O)C1=C(CSc2nc(C)nc3sc(C(=O)OCC)c(C)c23)NC(=O)N[C@H]1C. The molecule has 2 N–H and O–H groups in total. The summed E-state index contributed by atoms with van der Waals surface area (Å²) in [5, 5.41) is 6.84. The number of hydrogen-bond donors (Lipinski definition) is 2. The zero-order chi connectivity index (χ0) is 22.7. The van der Waals surface area contributed by atoms with Crippen LogP contribution in [-0.4, -0.2) is 52.9 Å². The van der Waals surface area contributed by atoms with E-state index in [-0.39, 0.29) is 25.2 Å². The van der Waals surface area contributed by atoms with Crippen LogP contribution in [0.2, 0.25) is 0 Å². The Kier molecular flexibility index (Phi) is 7.16. The van der Waals surface area contributed by atoms with E-state index in [0.29, 0.717) is 37.6 Å². The second-order valence-electron chi connectivity index (χ2n) is 6.75. The fraction of sp³-hybridized carbons (Fsp3) is 0.450. The van der Waals surface area contributed by atoms with Crippen molar-refractivity contribution >= 4 is 51.3 Å². The van der Waals surface area contributed by atoms with Gasteiger partial charge in [0.2, 0.25) is 0 Å². The summed E-state index contributed by atoms with van der Waals surface area (Å²) in [6, 6.07) is -0.856. The molecule has 0 aromatic carbocycles. The van der Waals surface area contributed by atoms with Crippen molar-refractivity contribution in [3.05, 3.63) is 27.5 Å². The van der Waals surface area contributed by atoms with Crippen LogP contribution in [0.3, 0.4) is 0 Å². The summed E-state index contributed by atoms with van der Waals surface area (Å²) in [5.74, 6) is -0.00246. The van der Waals surface area contributed by atoms with E-state index in [1.54, 1.807) is 27.7 Å². The van der Waals surface area contributed by atoms with E-state index in [2.05, 4.69) is 20.6 Å². The molecular weight excluding hydrogens is 440 g/mol. The predicted octanol–water partition coefficient (Wildman–Crippen LogP) is 3.10. The number of nitrogens with one attached hydrogen (secondary N) is 2. The quantitative estimate of drug-likeness (QED) is 0.364. The molecule has 0 bridgehead atoms. The fourth-order valence-corrected chi connectivity index (χ4v) is 5.52. The third-order valence-corrected chi connectivity index (χ3v) is 6.72. The van der Waals surface area contributed by atoms with Gasteiger partial charge in [-0.3, -0.25) is 0 Å². The molecule has 2 aromatic rings. The number of thiophene rings is 1. The van der Waals surface area contributed by atoms with E-state index >= 15 is 0 Å². The first-order valence-electron chi connectivity index (χ1n) is 9.82. The van der Waals surface area contributed by atoms with Crippen LogP contribution in [0.5, 0.6) is 0 Å². The van der Waals surface area contributed by atoms with Crippen LogP contribution in [0.4, 0.5) is 4.79 Å².